The van der Waals surface area contributed by atoms with E-state index >= 15 is 0 Å². The Kier molecular flexibility index (Phi) is 11.1. The van der Waals surface area contributed by atoms with Crippen LogP contribution in [0.2, 0.25) is 0 Å². The van der Waals surface area contributed by atoms with Gasteiger partial charge in [0.2, 0.25) is 0 Å². The molecule has 0 aliphatic heterocycles. The van der Waals surface area contributed by atoms with E-state index in [1.807, 2.05) is 0 Å². The van der Waals surface area contributed by atoms with E-state index in [2.05, 4.69) is 13.8 Å². The van der Waals surface area contributed by atoms with Crippen molar-refractivity contribution < 1.29 is 9.53 Å². The fourth-order valence-electron chi connectivity index (χ4n) is 1.83. The molecule has 0 bridgehead atoms. The predicted molar refractivity (Wildman–Crippen MR) is 75.1 cm³/mol. The van der Waals surface area contributed by atoms with E-state index in [1.165, 1.54) is 12.8 Å². The molecule has 4 heteroatoms. The summed E-state index contributed by atoms with van der Waals surface area (Å²) in [4.78, 5) is 11.7. The van der Waals surface area contributed by atoms with Crippen molar-refractivity contribution in [2.45, 2.75) is 64.8 Å². The van der Waals surface area contributed by atoms with Gasteiger partial charge in [0, 0.05) is 0 Å². The Labute approximate surface area is 111 Å². The molecular formula is C14H30N2O2. The Morgan fingerprint density at radius 1 is 1.17 bits per heavy atom. The SMILES string of the molecule is CCCCC(CC)COC(=O)C(N)CCCCN. The zero-order valence-electron chi connectivity index (χ0n) is 12.0. The predicted octanol–water partition coefficient (Wildman–Crippen LogP) is 2.20. The minimum absolute atomic E-state index is 0.262. The van der Waals surface area contributed by atoms with Crippen LogP contribution in [0.5, 0.6) is 0 Å². The van der Waals surface area contributed by atoms with Gasteiger partial charge in [0.15, 0.2) is 0 Å². The van der Waals surface area contributed by atoms with Gasteiger partial charge in [0.25, 0.3) is 0 Å². The first-order valence-corrected chi connectivity index (χ1v) is 7.27. The molecule has 0 aromatic heterocycles. The molecule has 0 spiro atoms. The monoisotopic (exact) mass is 258 g/mol. The van der Waals surface area contributed by atoms with E-state index in [4.69, 9.17) is 16.2 Å². The Morgan fingerprint density at radius 2 is 1.89 bits per heavy atom. The van der Waals surface area contributed by atoms with Gasteiger partial charge in [0.05, 0.1) is 6.61 Å². The van der Waals surface area contributed by atoms with Crippen LogP contribution in [0.3, 0.4) is 0 Å². The number of nitrogens with two attached hydrogens (primary N) is 2. The fraction of sp³-hybridized carbons (Fsp3) is 0.929. The molecule has 0 aliphatic rings. The summed E-state index contributed by atoms with van der Waals surface area (Å²) in [5.74, 6) is 0.215. The molecule has 0 saturated heterocycles. The van der Waals surface area contributed by atoms with Gasteiger partial charge >= 0.3 is 5.97 Å². The molecule has 0 aromatic rings. The molecule has 2 unspecified atom stereocenters. The van der Waals surface area contributed by atoms with Gasteiger partial charge in [-0.15, -0.1) is 0 Å². The first kappa shape index (κ1) is 17.4. The summed E-state index contributed by atoms with van der Waals surface area (Å²) in [5.41, 5.74) is 11.2. The van der Waals surface area contributed by atoms with Crippen molar-refractivity contribution in [1.29, 1.82) is 0 Å². The number of hydrogen-bond acceptors (Lipinski definition) is 4. The molecule has 0 aliphatic carbocycles. The molecule has 0 fully saturated rings. The average Bonchev–Trinajstić information content (AvgIpc) is 2.38. The van der Waals surface area contributed by atoms with Crippen LogP contribution in [0.1, 0.15) is 58.8 Å². The van der Waals surface area contributed by atoms with Crippen molar-refractivity contribution in [2.24, 2.45) is 17.4 Å². The van der Waals surface area contributed by atoms with Crippen molar-refractivity contribution in [2.75, 3.05) is 13.2 Å². The van der Waals surface area contributed by atoms with Gasteiger partial charge in [0.1, 0.15) is 6.04 Å². The summed E-state index contributed by atoms with van der Waals surface area (Å²) in [5, 5.41) is 0. The Morgan fingerprint density at radius 3 is 2.44 bits per heavy atom. The Hall–Kier alpha value is -0.610. The lowest BCUT2D eigenvalue weighted by atomic mass is 10.0. The molecule has 0 aromatic carbocycles. The number of ether oxygens (including phenoxy) is 1. The van der Waals surface area contributed by atoms with Gasteiger partial charge in [-0.2, -0.15) is 0 Å². The minimum atomic E-state index is -0.486. The first-order valence-electron chi connectivity index (χ1n) is 7.27. The summed E-state index contributed by atoms with van der Waals surface area (Å²) >= 11 is 0. The van der Waals surface area contributed by atoms with Crippen LogP contribution >= 0.6 is 0 Å². The van der Waals surface area contributed by atoms with Crippen molar-refractivity contribution in [3.8, 4) is 0 Å². The largest absolute Gasteiger partial charge is 0.464 e. The second-order valence-corrected chi connectivity index (χ2v) is 4.94. The summed E-state index contributed by atoms with van der Waals surface area (Å²) in [6.07, 6.45) is 7.02. The van der Waals surface area contributed by atoms with Gasteiger partial charge < -0.3 is 16.2 Å². The molecule has 18 heavy (non-hydrogen) atoms. The number of carbonyl (C=O) groups is 1. The van der Waals surface area contributed by atoms with Crippen molar-refractivity contribution in [3.63, 3.8) is 0 Å². The summed E-state index contributed by atoms with van der Waals surface area (Å²) < 4.78 is 5.29. The lowest BCUT2D eigenvalue weighted by Gasteiger charge is -2.16. The normalized spacial score (nSPS) is 14.2. The molecule has 4 N–H and O–H groups in total. The minimum Gasteiger partial charge on any atom is -0.464 e. The van der Waals surface area contributed by atoms with E-state index in [1.54, 1.807) is 0 Å². The van der Waals surface area contributed by atoms with Gasteiger partial charge in [-0.3, -0.25) is 4.79 Å². The summed E-state index contributed by atoms with van der Waals surface area (Å²) in [6.45, 7) is 5.47. The molecule has 0 amide bonds. The number of hydrogen-bond donors (Lipinski definition) is 2. The summed E-state index contributed by atoms with van der Waals surface area (Å²) in [6, 6.07) is -0.486. The molecule has 4 nitrogen and oxygen atoms in total. The number of rotatable bonds is 11. The number of carbonyl (C=O) groups excluding carboxylic acids is 1. The average molecular weight is 258 g/mol. The molecule has 108 valence electrons. The van der Waals surface area contributed by atoms with Crippen molar-refractivity contribution in [3.05, 3.63) is 0 Å². The van der Waals surface area contributed by atoms with Crippen LogP contribution in [0.4, 0.5) is 0 Å². The zero-order chi connectivity index (χ0) is 13.8. The van der Waals surface area contributed by atoms with E-state index < -0.39 is 6.04 Å². The highest BCUT2D eigenvalue weighted by atomic mass is 16.5. The second kappa shape index (κ2) is 11.5. The van der Waals surface area contributed by atoms with Crippen LogP contribution in [0, 0.1) is 5.92 Å². The van der Waals surface area contributed by atoms with Crippen LogP contribution in [0.15, 0.2) is 0 Å². The number of unbranched alkanes of at least 4 members (excludes halogenated alkanes) is 2. The zero-order valence-corrected chi connectivity index (χ0v) is 12.0. The maximum Gasteiger partial charge on any atom is 0.322 e. The smallest absolute Gasteiger partial charge is 0.322 e. The fourth-order valence-corrected chi connectivity index (χ4v) is 1.83. The van der Waals surface area contributed by atoms with Gasteiger partial charge in [-0.1, -0.05) is 39.5 Å². The quantitative estimate of drug-likeness (QED) is 0.440. The third-order valence-corrected chi connectivity index (χ3v) is 3.28. The van der Waals surface area contributed by atoms with Gasteiger partial charge in [-0.05, 0) is 31.7 Å². The van der Waals surface area contributed by atoms with Gasteiger partial charge in [-0.25, -0.2) is 0 Å². The summed E-state index contributed by atoms with van der Waals surface area (Å²) in [7, 11) is 0. The highest BCUT2D eigenvalue weighted by Crippen LogP contribution is 2.13. The van der Waals surface area contributed by atoms with E-state index in [0.29, 0.717) is 25.5 Å². The third-order valence-electron chi connectivity index (χ3n) is 3.28. The van der Waals surface area contributed by atoms with E-state index in [-0.39, 0.29) is 5.97 Å². The second-order valence-electron chi connectivity index (χ2n) is 4.94. The molecule has 2 atom stereocenters. The van der Waals surface area contributed by atoms with Crippen molar-refractivity contribution >= 4 is 5.97 Å². The van der Waals surface area contributed by atoms with Crippen LogP contribution in [0.25, 0.3) is 0 Å². The standard InChI is InChI=1S/C14H30N2O2/c1-3-5-8-12(4-2)11-18-14(17)13(16)9-6-7-10-15/h12-13H,3-11,15-16H2,1-2H3. The first-order chi connectivity index (χ1) is 8.65. The van der Waals surface area contributed by atoms with Crippen LogP contribution < -0.4 is 11.5 Å². The van der Waals surface area contributed by atoms with Crippen LogP contribution in [-0.2, 0) is 9.53 Å². The third kappa shape index (κ3) is 8.48. The Balaban J connectivity index is 3.77. The lowest BCUT2D eigenvalue weighted by molar-refractivity contribution is -0.146. The lowest BCUT2D eigenvalue weighted by Crippen LogP contribution is -2.33. The maximum absolute atomic E-state index is 11.7. The molecule has 0 heterocycles. The highest BCUT2D eigenvalue weighted by Gasteiger charge is 2.16. The molecule has 0 radical (unpaired) electrons. The maximum atomic E-state index is 11.7. The van der Waals surface area contributed by atoms with E-state index in [0.717, 1.165) is 25.7 Å². The topological polar surface area (TPSA) is 78.3 Å². The van der Waals surface area contributed by atoms with E-state index in [9.17, 15) is 4.79 Å². The molecule has 0 rings (SSSR count). The molecule has 0 saturated carbocycles. The van der Waals surface area contributed by atoms with Crippen molar-refractivity contribution in [1.82, 2.24) is 0 Å². The Bertz CT molecular complexity index is 210. The molecular weight excluding hydrogens is 228 g/mol. The highest BCUT2D eigenvalue weighted by molar-refractivity contribution is 5.75. The van der Waals surface area contributed by atoms with Crippen LogP contribution in [-0.4, -0.2) is 25.2 Å². The number of esters is 1.